The van der Waals surface area contributed by atoms with E-state index in [4.69, 9.17) is 2.74 Å². The van der Waals surface area contributed by atoms with Crippen molar-refractivity contribution in [1.82, 2.24) is 9.97 Å². The summed E-state index contributed by atoms with van der Waals surface area (Å²) >= 11 is 0. The lowest BCUT2D eigenvalue weighted by Crippen LogP contribution is -2.20. The minimum absolute atomic E-state index is 0.278. The fourth-order valence-corrected chi connectivity index (χ4v) is 3.90. The number of H-pyrrole nitrogens is 1. The highest BCUT2D eigenvalue weighted by molar-refractivity contribution is 6.01. The summed E-state index contributed by atoms with van der Waals surface area (Å²) in [5, 5.41) is 6.02. The van der Waals surface area contributed by atoms with E-state index in [0.717, 1.165) is 17.7 Å². The van der Waals surface area contributed by atoms with Gasteiger partial charge in [-0.2, -0.15) is 0 Å². The molecule has 34 heavy (non-hydrogen) atoms. The van der Waals surface area contributed by atoms with Gasteiger partial charge in [-0.15, -0.1) is 13.2 Å². The first kappa shape index (κ1) is 19.3. The number of alkyl halides is 3. The number of hydrogen-bond donors (Lipinski definition) is 3. The van der Waals surface area contributed by atoms with Gasteiger partial charge >= 0.3 is 12.4 Å². The van der Waals surface area contributed by atoms with Gasteiger partial charge in [-0.1, -0.05) is 6.07 Å². The number of urea groups is 1. The van der Waals surface area contributed by atoms with Crippen LogP contribution < -0.4 is 20.3 Å². The summed E-state index contributed by atoms with van der Waals surface area (Å²) < 4.78 is 58.6. The number of fused-ring (bicyclic) bond motifs is 2. The molecule has 7 nitrogen and oxygen atoms in total. The number of anilines is 3. The second-order valence-electron chi connectivity index (χ2n) is 7.57. The Kier molecular flexibility index (Phi) is 4.89. The molecule has 3 N–H and O–H groups in total. The number of halogens is 3. The molecule has 3 heterocycles. The molecule has 174 valence electrons. The Bertz CT molecular complexity index is 1420. The molecular weight excluding hydrogens is 447 g/mol. The SMILES string of the molecule is [2H]C([2H])(c1ccnc2[nH]ccc12)N1CCc2c(NC(=O)Nc3ccc(OC(F)(F)F)cc3)cccc21. The number of benzene rings is 2. The average Bonchev–Trinajstić information content (AvgIpc) is 3.47. The van der Waals surface area contributed by atoms with Crippen LogP contribution in [-0.2, 0) is 12.9 Å². The normalized spacial score (nSPS) is 14.4. The third kappa shape index (κ3) is 4.61. The molecule has 0 atom stereocenters. The van der Waals surface area contributed by atoms with Crippen LogP contribution >= 0.6 is 0 Å². The molecule has 0 radical (unpaired) electrons. The van der Waals surface area contributed by atoms with Crippen LogP contribution in [0.4, 0.5) is 35.0 Å². The van der Waals surface area contributed by atoms with Crippen molar-refractivity contribution in [2.75, 3.05) is 22.1 Å². The van der Waals surface area contributed by atoms with Gasteiger partial charge in [0.1, 0.15) is 11.4 Å². The fraction of sp³-hybridized carbons (Fsp3) is 0.167. The second-order valence-corrected chi connectivity index (χ2v) is 7.57. The Balaban J connectivity index is 1.33. The van der Waals surface area contributed by atoms with Gasteiger partial charge in [0.25, 0.3) is 0 Å². The molecule has 0 saturated carbocycles. The number of aromatic nitrogens is 2. The maximum atomic E-state index is 12.6. The molecule has 4 aromatic rings. The van der Waals surface area contributed by atoms with Crippen molar-refractivity contribution in [1.29, 1.82) is 0 Å². The summed E-state index contributed by atoms with van der Waals surface area (Å²) in [5.74, 6) is -0.394. The summed E-state index contributed by atoms with van der Waals surface area (Å²) in [4.78, 5) is 21.5. The summed E-state index contributed by atoms with van der Waals surface area (Å²) in [6, 6.07) is 12.9. The zero-order valence-electron chi connectivity index (χ0n) is 19.6. The molecule has 2 amide bonds. The minimum atomic E-state index is -4.80. The number of nitrogens with one attached hydrogen (secondary N) is 3. The van der Waals surface area contributed by atoms with Gasteiger partial charge in [-0.05, 0) is 60.5 Å². The van der Waals surface area contributed by atoms with Gasteiger partial charge in [0.05, 0.1) is 2.74 Å². The predicted octanol–water partition coefficient (Wildman–Crippen LogP) is 5.67. The lowest BCUT2D eigenvalue weighted by atomic mass is 10.1. The third-order valence-corrected chi connectivity index (χ3v) is 5.34. The largest absolute Gasteiger partial charge is 0.573 e. The third-order valence-electron chi connectivity index (χ3n) is 5.34. The molecule has 0 fully saturated rings. The van der Waals surface area contributed by atoms with Crippen molar-refractivity contribution in [3.63, 3.8) is 0 Å². The van der Waals surface area contributed by atoms with Gasteiger partial charge < -0.3 is 25.3 Å². The average molecular weight is 469 g/mol. The van der Waals surface area contributed by atoms with Crippen LogP contribution in [0.2, 0.25) is 0 Å². The first-order valence-corrected chi connectivity index (χ1v) is 10.4. The minimum Gasteiger partial charge on any atom is -0.406 e. The molecule has 0 unspecified atom stereocenters. The molecule has 0 bridgehead atoms. The molecule has 2 aromatic heterocycles. The van der Waals surface area contributed by atoms with Crippen LogP contribution in [0.5, 0.6) is 5.75 Å². The van der Waals surface area contributed by atoms with E-state index in [-0.39, 0.29) is 5.69 Å². The van der Waals surface area contributed by atoms with Gasteiger partial charge in [-0.3, -0.25) is 0 Å². The van der Waals surface area contributed by atoms with Gasteiger partial charge in [0, 0.05) is 53.4 Å². The van der Waals surface area contributed by atoms with E-state index in [1.807, 2.05) is 0 Å². The lowest BCUT2D eigenvalue weighted by Gasteiger charge is -2.20. The standard InChI is InChI=1S/C24H20F3N5O2/c25-24(26,27)34-17-6-4-16(5-7-17)30-23(33)31-20-2-1-3-21-19(20)10-13-32(21)14-15-8-11-28-22-18(15)9-12-29-22/h1-9,11-12H,10,13-14H2,(H,28,29)(H2,30,31,33)/i14D2. The van der Waals surface area contributed by atoms with Crippen LogP contribution in [0.25, 0.3) is 11.0 Å². The quantitative estimate of drug-likeness (QED) is 0.352. The number of aromatic amines is 1. The number of nitrogens with zero attached hydrogens (tertiary/aromatic N) is 2. The number of rotatable bonds is 5. The molecule has 2 aromatic carbocycles. The highest BCUT2D eigenvalue weighted by Gasteiger charge is 2.31. The zero-order chi connectivity index (χ0) is 25.5. The van der Waals surface area contributed by atoms with Crippen molar-refractivity contribution >= 4 is 34.1 Å². The van der Waals surface area contributed by atoms with Crippen LogP contribution in [0.15, 0.2) is 67.0 Å². The Morgan fingerprint density at radius 1 is 1.15 bits per heavy atom. The zero-order valence-corrected chi connectivity index (χ0v) is 17.6. The molecule has 10 heteroatoms. The Hall–Kier alpha value is -4.21. The van der Waals surface area contributed by atoms with Crippen LogP contribution in [-0.4, -0.2) is 28.9 Å². The summed E-state index contributed by atoms with van der Waals surface area (Å²) in [7, 11) is 0. The van der Waals surface area contributed by atoms with E-state index in [0.29, 0.717) is 40.9 Å². The highest BCUT2D eigenvalue weighted by atomic mass is 19.4. The maximum Gasteiger partial charge on any atom is 0.573 e. The number of carbonyl (C=O) groups excluding carboxylic acids is 1. The molecule has 0 aliphatic carbocycles. The topological polar surface area (TPSA) is 82.3 Å². The van der Waals surface area contributed by atoms with Gasteiger partial charge in [-0.25, -0.2) is 9.78 Å². The van der Waals surface area contributed by atoms with E-state index < -0.39 is 24.6 Å². The van der Waals surface area contributed by atoms with E-state index >= 15 is 0 Å². The molecule has 1 aliphatic heterocycles. The number of carbonyl (C=O) groups is 1. The van der Waals surface area contributed by atoms with Crippen molar-refractivity contribution in [2.24, 2.45) is 0 Å². The van der Waals surface area contributed by atoms with Crippen molar-refractivity contribution in [3.05, 3.63) is 78.1 Å². The second kappa shape index (κ2) is 8.62. The van der Waals surface area contributed by atoms with Gasteiger partial charge in [0.15, 0.2) is 0 Å². The van der Waals surface area contributed by atoms with E-state index in [9.17, 15) is 18.0 Å². The smallest absolute Gasteiger partial charge is 0.406 e. The molecule has 0 spiro atoms. The number of pyridine rings is 1. The van der Waals surface area contributed by atoms with E-state index in [1.54, 1.807) is 47.6 Å². The summed E-state index contributed by atoms with van der Waals surface area (Å²) in [6.45, 7) is -1.44. The predicted molar refractivity (Wildman–Crippen MR) is 123 cm³/mol. The highest BCUT2D eigenvalue weighted by Crippen LogP contribution is 2.35. The lowest BCUT2D eigenvalue weighted by molar-refractivity contribution is -0.274. The van der Waals surface area contributed by atoms with Gasteiger partial charge in [0.2, 0.25) is 0 Å². The monoisotopic (exact) mass is 469 g/mol. The number of ether oxygens (including phenoxy) is 1. The Labute approximate surface area is 195 Å². The number of hydrogen-bond acceptors (Lipinski definition) is 4. The Morgan fingerprint density at radius 2 is 1.97 bits per heavy atom. The van der Waals surface area contributed by atoms with Crippen LogP contribution in [0.3, 0.4) is 0 Å². The molecular formula is C24H20F3N5O2. The van der Waals surface area contributed by atoms with Crippen LogP contribution in [0.1, 0.15) is 13.9 Å². The summed E-state index contributed by atoms with van der Waals surface area (Å²) in [5.41, 5.74) is 3.32. The van der Waals surface area contributed by atoms with Crippen LogP contribution in [0, 0.1) is 0 Å². The molecule has 5 rings (SSSR count). The molecule has 1 aliphatic rings. The maximum absolute atomic E-state index is 12.6. The van der Waals surface area contributed by atoms with Crippen molar-refractivity contribution < 1.29 is 25.4 Å². The Morgan fingerprint density at radius 3 is 2.76 bits per heavy atom. The van der Waals surface area contributed by atoms with Crippen molar-refractivity contribution in [2.45, 2.75) is 19.3 Å². The van der Waals surface area contributed by atoms with Crippen molar-refractivity contribution in [3.8, 4) is 5.75 Å². The van der Waals surface area contributed by atoms with E-state index in [2.05, 4.69) is 25.3 Å². The number of amides is 2. The first-order valence-electron chi connectivity index (χ1n) is 11.4. The first-order chi connectivity index (χ1) is 17.1. The summed E-state index contributed by atoms with van der Waals surface area (Å²) in [6.07, 6.45) is -1.01. The fourth-order valence-electron chi connectivity index (χ4n) is 3.90. The van der Waals surface area contributed by atoms with E-state index in [1.165, 1.54) is 12.1 Å². The molecule has 0 saturated heterocycles.